The molecule has 2 heterocycles. The van der Waals surface area contributed by atoms with Crippen LogP contribution in [0.1, 0.15) is 46.5 Å². The average molecular weight is 318 g/mol. The molecule has 0 aromatic carbocycles. The molecule has 0 aliphatic carbocycles. The molecule has 0 radical (unpaired) electrons. The Bertz CT molecular complexity index is 417. The van der Waals surface area contributed by atoms with Gasteiger partial charge in [0, 0.05) is 32.8 Å². The fourth-order valence-corrected chi connectivity index (χ4v) is 4.88. The highest BCUT2D eigenvalue weighted by molar-refractivity contribution is 7.86. The number of nitrogens with zero attached hydrogens (tertiary/aromatic N) is 2. The van der Waals surface area contributed by atoms with E-state index in [9.17, 15) is 8.42 Å². The van der Waals surface area contributed by atoms with E-state index in [4.69, 9.17) is 4.74 Å². The average Bonchev–Trinajstić information content (AvgIpc) is 2.45. The smallest absolute Gasteiger partial charge is 0.281 e. The number of hydrogen-bond donors (Lipinski definition) is 0. The van der Waals surface area contributed by atoms with Crippen molar-refractivity contribution in [1.82, 2.24) is 8.61 Å². The lowest BCUT2D eigenvalue weighted by atomic mass is 10.0. The molecule has 0 spiro atoms. The van der Waals surface area contributed by atoms with E-state index in [-0.39, 0.29) is 6.10 Å². The van der Waals surface area contributed by atoms with Crippen LogP contribution in [0.15, 0.2) is 0 Å². The van der Waals surface area contributed by atoms with E-state index in [0.29, 0.717) is 38.0 Å². The van der Waals surface area contributed by atoms with E-state index in [0.717, 1.165) is 32.3 Å². The summed E-state index contributed by atoms with van der Waals surface area (Å²) >= 11 is 0. The molecule has 5 nitrogen and oxygen atoms in total. The van der Waals surface area contributed by atoms with Crippen molar-refractivity contribution in [3.8, 4) is 0 Å². The van der Waals surface area contributed by atoms with Gasteiger partial charge >= 0.3 is 0 Å². The van der Waals surface area contributed by atoms with Crippen molar-refractivity contribution >= 4 is 10.2 Å². The Balaban J connectivity index is 1.85. The van der Waals surface area contributed by atoms with Crippen molar-refractivity contribution in [2.45, 2.75) is 52.6 Å². The molecule has 2 fully saturated rings. The molecule has 0 amide bonds. The largest absolute Gasteiger partial charge is 0.378 e. The van der Waals surface area contributed by atoms with Crippen LogP contribution in [-0.4, -0.2) is 55.9 Å². The van der Waals surface area contributed by atoms with Crippen molar-refractivity contribution in [1.29, 1.82) is 0 Å². The van der Waals surface area contributed by atoms with Gasteiger partial charge in [-0.25, -0.2) is 0 Å². The summed E-state index contributed by atoms with van der Waals surface area (Å²) in [4.78, 5) is 0. The normalized spacial score (nSPS) is 27.3. The Labute approximate surface area is 129 Å². The van der Waals surface area contributed by atoms with E-state index in [1.54, 1.807) is 8.61 Å². The van der Waals surface area contributed by atoms with Crippen LogP contribution in [0.25, 0.3) is 0 Å². The summed E-state index contributed by atoms with van der Waals surface area (Å²) in [5, 5.41) is 0. The van der Waals surface area contributed by atoms with Crippen molar-refractivity contribution < 1.29 is 13.2 Å². The summed E-state index contributed by atoms with van der Waals surface area (Å²) in [6.45, 7) is 9.71. The maximum atomic E-state index is 12.7. The second-order valence-electron chi connectivity index (χ2n) is 6.94. The second kappa shape index (κ2) is 7.40. The predicted molar refractivity (Wildman–Crippen MR) is 84.3 cm³/mol. The second-order valence-corrected chi connectivity index (χ2v) is 8.87. The molecule has 0 aromatic rings. The van der Waals surface area contributed by atoms with Gasteiger partial charge in [0.2, 0.25) is 0 Å². The van der Waals surface area contributed by atoms with Crippen LogP contribution in [0, 0.1) is 11.8 Å². The number of piperidine rings is 2. The third kappa shape index (κ3) is 4.65. The van der Waals surface area contributed by atoms with Crippen LogP contribution in [0.3, 0.4) is 0 Å². The van der Waals surface area contributed by atoms with Gasteiger partial charge in [0.05, 0.1) is 6.10 Å². The zero-order valence-corrected chi connectivity index (χ0v) is 14.4. The summed E-state index contributed by atoms with van der Waals surface area (Å²) in [5.41, 5.74) is 0. The molecule has 6 heteroatoms. The van der Waals surface area contributed by atoms with Gasteiger partial charge in [-0.2, -0.15) is 17.0 Å². The predicted octanol–water partition coefficient (Wildman–Crippen LogP) is 2.10. The molecule has 0 saturated carbocycles. The first-order valence-electron chi connectivity index (χ1n) is 8.26. The van der Waals surface area contributed by atoms with Crippen LogP contribution in [-0.2, 0) is 14.9 Å². The van der Waals surface area contributed by atoms with Gasteiger partial charge < -0.3 is 4.74 Å². The van der Waals surface area contributed by atoms with Gasteiger partial charge in [-0.05, 0) is 37.5 Å². The number of rotatable bonds is 5. The molecule has 124 valence electrons. The molecule has 0 unspecified atom stereocenters. The van der Waals surface area contributed by atoms with Gasteiger partial charge in [-0.15, -0.1) is 0 Å². The first-order chi connectivity index (χ1) is 9.89. The van der Waals surface area contributed by atoms with E-state index in [1.165, 1.54) is 0 Å². The van der Waals surface area contributed by atoms with E-state index in [2.05, 4.69) is 20.8 Å². The van der Waals surface area contributed by atoms with Crippen LogP contribution >= 0.6 is 0 Å². The summed E-state index contributed by atoms with van der Waals surface area (Å²) < 4.78 is 34.5. The highest BCUT2D eigenvalue weighted by Gasteiger charge is 2.34. The molecule has 0 aromatic heterocycles. The lowest BCUT2D eigenvalue weighted by molar-refractivity contribution is 0.00663. The topological polar surface area (TPSA) is 49.9 Å². The first kappa shape index (κ1) is 17.2. The van der Waals surface area contributed by atoms with Crippen molar-refractivity contribution in [3.63, 3.8) is 0 Å². The maximum Gasteiger partial charge on any atom is 0.281 e. The number of ether oxygens (including phenoxy) is 1. The highest BCUT2D eigenvalue weighted by atomic mass is 32.2. The third-order valence-electron chi connectivity index (χ3n) is 4.34. The first-order valence-corrected chi connectivity index (χ1v) is 9.66. The lowest BCUT2D eigenvalue weighted by Gasteiger charge is -2.37. The minimum atomic E-state index is -3.26. The van der Waals surface area contributed by atoms with Crippen molar-refractivity contribution in [2.24, 2.45) is 11.8 Å². The monoisotopic (exact) mass is 318 g/mol. The molecular formula is C15H30N2O3S. The fraction of sp³-hybridized carbons (Fsp3) is 1.00. The van der Waals surface area contributed by atoms with Crippen LogP contribution in [0.4, 0.5) is 0 Å². The van der Waals surface area contributed by atoms with Gasteiger partial charge in [-0.3, -0.25) is 0 Å². The molecule has 0 N–H and O–H groups in total. The van der Waals surface area contributed by atoms with Gasteiger partial charge in [0.15, 0.2) is 0 Å². The molecule has 2 rings (SSSR count). The molecule has 1 atom stereocenters. The quantitative estimate of drug-likeness (QED) is 0.780. The zero-order chi connectivity index (χ0) is 15.5. The van der Waals surface area contributed by atoms with Crippen LogP contribution < -0.4 is 0 Å². The SMILES string of the molecule is CC(C)COC1CCN(S(=O)(=O)N2CCC[C@@H](C)C2)CC1. The van der Waals surface area contributed by atoms with Gasteiger partial charge in [0.1, 0.15) is 0 Å². The Morgan fingerprint density at radius 2 is 1.76 bits per heavy atom. The Morgan fingerprint density at radius 1 is 1.10 bits per heavy atom. The Morgan fingerprint density at radius 3 is 2.33 bits per heavy atom. The van der Waals surface area contributed by atoms with E-state index in [1.807, 2.05) is 0 Å². The summed E-state index contributed by atoms with van der Waals surface area (Å²) in [7, 11) is -3.26. The maximum absolute atomic E-state index is 12.7. The minimum absolute atomic E-state index is 0.221. The van der Waals surface area contributed by atoms with Crippen LogP contribution in [0.2, 0.25) is 0 Å². The van der Waals surface area contributed by atoms with E-state index >= 15 is 0 Å². The molecule has 0 bridgehead atoms. The summed E-state index contributed by atoms with van der Waals surface area (Å²) in [6.07, 6.45) is 3.97. The fourth-order valence-electron chi connectivity index (χ4n) is 3.08. The van der Waals surface area contributed by atoms with Crippen molar-refractivity contribution in [3.05, 3.63) is 0 Å². The van der Waals surface area contributed by atoms with Crippen molar-refractivity contribution in [2.75, 3.05) is 32.8 Å². The summed E-state index contributed by atoms with van der Waals surface area (Å²) in [5.74, 6) is 1.00. The minimum Gasteiger partial charge on any atom is -0.378 e. The molecule has 2 saturated heterocycles. The van der Waals surface area contributed by atoms with Crippen LogP contribution in [0.5, 0.6) is 0 Å². The Kier molecular flexibility index (Phi) is 6.05. The standard InChI is InChI=1S/C15H30N2O3S/c1-13(2)12-20-15-6-9-16(10-7-15)21(18,19)17-8-4-5-14(3)11-17/h13-15H,4-12H2,1-3H3/t14-/m1/s1. The highest BCUT2D eigenvalue weighted by Crippen LogP contribution is 2.24. The molecule has 2 aliphatic heterocycles. The van der Waals surface area contributed by atoms with Gasteiger partial charge in [0.25, 0.3) is 10.2 Å². The molecular weight excluding hydrogens is 288 g/mol. The molecule has 21 heavy (non-hydrogen) atoms. The van der Waals surface area contributed by atoms with E-state index < -0.39 is 10.2 Å². The summed E-state index contributed by atoms with van der Waals surface area (Å²) in [6, 6.07) is 0. The zero-order valence-electron chi connectivity index (χ0n) is 13.6. The number of hydrogen-bond acceptors (Lipinski definition) is 3. The molecule has 2 aliphatic rings. The Hall–Kier alpha value is -0.170. The third-order valence-corrected chi connectivity index (χ3v) is 6.34. The lowest BCUT2D eigenvalue weighted by Crippen LogP contribution is -2.50. The van der Waals surface area contributed by atoms with Gasteiger partial charge in [-0.1, -0.05) is 20.8 Å².